The third-order valence-corrected chi connectivity index (χ3v) is 4.88. The molecule has 0 aromatic heterocycles. The highest BCUT2D eigenvalue weighted by atomic mass is 32.2. The smallest absolute Gasteiger partial charge is 0.0821 e. The molecule has 0 radical (unpaired) electrons. The Morgan fingerprint density at radius 1 is 1.30 bits per heavy atom. The largest absolute Gasteiger partial charge is 0.375 e. The second-order valence-corrected chi connectivity index (χ2v) is 6.90. The predicted molar refractivity (Wildman–Crippen MR) is 88.8 cm³/mol. The highest BCUT2D eigenvalue weighted by Gasteiger charge is 2.24. The Morgan fingerprint density at radius 2 is 2.05 bits per heavy atom. The summed E-state index contributed by atoms with van der Waals surface area (Å²) in [5.74, 6) is 2.85. The summed E-state index contributed by atoms with van der Waals surface area (Å²) in [4.78, 5) is 0. The maximum absolute atomic E-state index is 5.94. The maximum Gasteiger partial charge on any atom is 0.0821 e. The highest BCUT2D eigenvalue weighted by Crippen LogP contribution is 2.20. The lowest BCUT2D eigenvalue weighted by Crippen LogP contribution is -2.46. The van der Waals surface area contributed by atoms with E-state index in [2.05, 4.69) is 50.4 Å². The monoisotopic (exact) mass is 293 g/mol. The molecule has 20 heavy (non-hydrogen) atoms. The van der Waals surface area contributed by atoms with Crippen LogP contribution in [0.25, 0.3) is 0 Å². The van der Waals surface area contributed by atoms with Gasteiger partial charge in [-0.25, -0.2) is 0 Å². The SMILES string of the molecule is CCNC(Cc1ccc(C(C)C)cc1)C1CSCCO1. The number of rotatable bonds is 6. The quantitative estimate of drug-likeness (QED) is 0.868. The van der Waals surface area contributed by atoms with Crippen molar-refractivity contribution in [3.63, 3.8) is 0 Å². The van der Waals surface area contributed by atoms with Gasteiger partial charge in [0, 0.05) is 17.5 Å². The van der Waals surface area contributed by atoms with Crippen molar-refractivity contribution in [1.29, 1.82) is 0 Å². The van der Waals surface area contributed by atoms with Crippen molar-refractivity contribution < 1.29 is 4.74 Å². The summed E-state index contributed by atoms with van der Waals surface area (Å²) < 4.78 is 5.94. The van der Waals surface area contributed by atoms with Crippen LogP contribution in [0.4, 0.5) is 0 Å². The molecule has 1 heterocycles. The summed E-state index contributed by atoms with van der Waals surface area (Å²) in [5, 5.41) is 3.60. The summed E-state index contributed by atoms with van der Waals surface area (Å²) in [6.07, 6.45) is 1.40. The van der Waals surface area contributed by atoms with Gasteiger partial charge in [0.1, 0.15) is 0 Å². The first kappa shape index (κ1) is 15.9. The number of hydrogen-bond donors (Lipinski definition) is 1. The summed E-state index contributed by atoms with van der Waals surface area (Å²) in [7, 11) is 0. The van der Waals surface area contributed by atoms with E-state index >= 15 is 0 Å². The van der Waals surface area contributed by atoms with Gasteiger partial charge in [-0.1, -0.05) is 45.0 Å². The first-order valence-electron chi connectivity index (χ1n) is 7.72. The lowest BCUT2D eigenvalue weighted by molar-refractivity contribution is 0.0476. The Bertz CT molecular complexity index is 384. The van der Waals surface area contributed by atoms with Gasteiger partial charge in [-0.05, 0) is 30.0 Å². The van der Waals surface area contributed by atoms with Gasteiger partial charge in [-0.3, -0.25) is 0 Å². The van der Waals surface area contributed by atoms with Crippen LogP contribution in [0, 0.1) is 0 Å². The summed E-state index contributed by atoms with van der Waals surface area (Å²) in [5.41, 5.74) is 2.82. The van der Waals surface area contributed by atoms with Gasteiger partial charge >= 0.3 is 0 Å². The molecule has 0 saturated carbocycles. The van der Waals surface area contributed by atoms with Gasteiger partial charge in [0.05, 0.1) is 12.7 Å². The van der Waals surface area contributed by atoms with Gasteiger partial charge in [-0.15, -0.1) is 0 Å². The Labute approximate surface area is 127 Å². The molecular formula is C17H27NOS. The van der Waals surface area contributed by atoms with Crippen LogP contribution in [0.1, 0.15) is 37.8 Å². The van der Waals surface area contributed by atoms with E-state index in [-0.39, 0.29) is 0 Å². The van der Waals surface area contributed by atoms with Gasteiger partial charge < -0.3 is 10.1 Å². The van der Waals surface area contributed by atoms with Crippen molar-refractivity contribution in [3.8, 4) is 0 Å². The van der Waals surface area contributed by atoms with Crippen molar-refractivity contribution in [1.82, 2.24) is 5.32 Å². The zero-order valence-electron chi connectivity index (χ0n) is 12.9. The lowest BCUT2D eigenvalue weighted by Gasteiger charge is -2.31. The molecule has 2 rings (SSSR count). The van der Waals surface area contributed by atoms with E-state index in [1.165, 1.54) is 11.1 Å². The summed E-state index contributed by atoms with van der Waals surface area (Å²) >= 11 is 2.01. The number of likely N-dealkylation sites (N-methyl/N-ethyl adjacent to an activating group) is 1. The zero-order chi connectivity index (χ0) is 14.4. The average molecular weight is 293 g/mol. The van der Waals surface area contributed by atoms with Crippen LogP contribution in [0.3, 0.4) is 0 Å². The maximum atomic E-state index is 5.94. The van der Waals surface area contributed by atoms with Crippen molar-refractivity contribution in [2.45, 2.75) is 45.3 Å². The van der Waals surface area contributed by atoms with Crippen molar-refractivity contribution in [3.05, 3.63) is 35.4 Å². The average Bonchev–Trinajstić information content (AvgIpc) is 2.48. The van der Waals surface area contributed by atoms with Crippen LogP contribution in [-0.4, -0.2) is 36.8 Å². The standard InChI is InChI=1S/C17H27NOS/c1-4-18-16(17-12-20-10-9-19-17)11-14-5-7-15(8-6-14)13(2)3/h5-8,13,16-18H,4,9-12H2,1-3H3. The van der Waals surface area contributed by atoms with Crippen LogP contribution in [0.5, 0.6) is 0 Å². The zero-order valence-corrected chi connectivity index (χ0v) is 13.7. The van der Waals surface area contributed by atoms with Crippen LogP contribution in [0.15, 0.2) is 24.3 Å². The van der Waals surface area contributed by atoms with E-state index in [9.17, 15) is 0 Å². The molecule has 1 aromatic carbocycles. The van der Waals surface area contributed by atoms with Crippen LogP contribution in [-0.2, 0) is 11.2 Å². The molecule has 1 saturated heterocycles. The number of nitrogens with one attached hydrogen (secondary N) is 1. The molecule has 1 aliphatic rings. The molecule has 0 amide bonds. The molecule has 1 N–H and O–H groups in total. The van der Waals surface area contributed by atoms with Crippen LogP contribution >= 0.6 is 11.8 Å². The predicted octanol–water partition coefficient (Wildman–Crippen LogP) is 3.46. The first-order valence-corrected chi connectivity index (χ1v) is 8.87. The number of thioether (sulfide) groups is 1. The second-order valence-electron chi connectivity index (χ2n) is 5.75. The van der Waals surface area contributed by atoms with E-state index in [1.54, 1.807) is 0 Å². The molecule has 0 aliphatic carbocycles. The van der Waals surface area contributed by atoms with Gasteiger partial charge in [0.2, 0.25) is 0 Å². The molecule has 2 atom stereocenters. The molecule has 1 aromatic rings. The lowest BCUT2D eigenvalue weighted by atomic mass is 9.97. The minimum Gasteiger partial charge on any atom is -0.375 e. The molecule has 112 valence electrons. The van der Waals surface area contributed by atoms with Gasteiger partial charge in [0.25, 0.3) is 0 Å². The molecule has 2 nitrogen and oxygen atoms in total. The summed E-state index contributed by atoms with van der Waals surface area (Å²) in [6.45, 7) is 8.54. The molecule has 1 aliphatic heterocycles. The van der Waals surface area contributed by atoms with Gasteiger partial charge in [-0.2, -0.15) is 11.8 Å². The van der Waals surface area contributed by atoms with Crippen molar-refractivity contribution in [2.24, 2.45) is 0 Å². The normalized spacial score (nSPS) is 21.1. The Morgan fingerprint density at radius 3 is 2.60 bits per heavy atom. The molecule has 1 fully saturated rings. The third-order valence-electron chi connectivity index (χ3n) is 3.86. The summed E-state index contributed by atoms with van der Waals surface area (Å²) in [6, 6.07) is 9.50. The van der Waals surface area contributed by atoms with E-state index in [4.69, 9.17) is 4.74 Å². The number of benzene rings is 1. The second kappa shape index (κ2) is 8.06. The molecular weight excluding hydrogens is 266 g/mol. The molecule has 0 bridgehead atoms. The number of ether oxygens (including phenoxy) is 1. The first-order chi connectivity index (χ1) is 9.70. The minimum atomic E-state index is 0.346. The third kappa shape index (κ3) is 4.51. The van der Waals surface area contributed by atoms with E-state index < -0.39 is 0 Å². The molecule has 2 unspecified atom stereocenters. The molecule has 3 heteroatoms. The highest BCUT2D eigenvalue weighted by molar-refractivity contribution is 7.99. The fourth-order valence-electron chi connectivity index (χ4n) is 2.63. The van der Waals surface area contributed by atoms with Gasteiger partial charge in [0.15, 0.2) is 0 Å². The Balaban J connectivity index is 1.99. The van der Waals surface area contributed by atoms with E-state index in [1.807, 2.05) is 11.8 Å². The van der Waals surface area contributed by atoms with E-state index in [0.717, 1.165) is 31.1 Å². The van der Waals surface area contributed by atoms with E-state index in [0.29, 0.717) is 18.1 Å². The Hall–Kier alpha value is -0.510. The van der Waals surface area contributed by atoms with Crippen molar-refractivity contribution in [2.75, 3.05) is 24.7 Å². The molecule has 0 spiro atoms. The fraction of sp³-hybridized carbons (Fsp3) is 0.647. The topological polar surface area (TPSA) is 21.3 Å². The van der Waals surface area contributed by atoms with Crippen LogP contribution in [0.2, 0.25) is 0 Å². The fourth-order valence-corrected chi connectivity index (χ4v) is 3.57. The van der Waals surface area contributed by atoms with Crippen molar-refractivity contribution >= 4 is 11.8 Å². The Kier molecular flexibility index (Phi) is 6.40. The number of hydrogen-bond acceptors (Lipinski definition) is 3. The van der Waals surface area contributed by atoms with Crippen LogP contribution < -0.4 is 5.32 Å². The minimum absolute atomic E-state index is 0.346.